The topological polar surface area (TPSA) is 73.3 Å². The number of alkyl halides is 3. The van der Waals surface area contributed by atoms with Crippen LogP contribution in [0, 0.1) is 11.7 Å². The zero-order valence-corrected chi connectivity index (χ0v) is 18.8. The highest BCUT2D eigenvalue weighted by Crippen LogP contribution is 2.34. The summed E-state index contributed by atoms with van der Waals surface area (Å²) in [5.74, 6) is -1.88. The maximum Gasteiger partial charge on any atom is 0.425 e. The first kappa shape index (κ1) is 25.4. The molecule has 1 atom stereocenters. The first-order valence-corrected chi connectivity index (χ1v) is 11.0. The van der Waals surface area contributed by atoms with Gasteiger partial charge in [-0.25, -0.2) is 9.18 Å². The lowest BCUT2D eigenvalue weighted by Gasteiger charge is -2.37. The molecule has 7 nitrogen and oxygen atoms in total. The average Bonchev–Trinajstić information content (AvgIpc) is 2.76. The molecule has 2 saturated heterocycles. The molecule has 184 valence electrons. The van der Waals surface area contributed by atoms with Crippen LogP contribution in [0.2, 0.25) is 5.02 Å². The Kier molecular flexibility index (Phi) is 7.94. The summed E-state index contributed by atoms with van der Waals surface area (Å²) in [7, 11) is 0. The Balaban J connectivity index is 1.62. The number of aliphatic carboxylic acids is 1. The smallest absolute Gasteiger partial charge is 0.425 e. The van der Waals surface area contributed by atoms with E-state index in [-0.39, 0.29) is 18.1 Å². The second-order valence-electron chi connectivity index (χ2n) is 8.30. The van der Waals surface area contributed by atoms with Gasteiger partial charge in [0, 0.05) is 45.8 Å². The molecule has 1 aromatic rings. The van der Waals surface area contributed by atoms with Gasteiger partial charge in [0.25, 0.3) is 0 Å². The zero-order valence-electron chi connectivity index (χ0n) is 18.1. The van der Waals surface area contributed by atoms with Crippen LogP contribution in [0.3, 0.4) is 0 Å². The number of carboxylic acid groups (broad SMARTS) is 1. The summed E-state index contributed by atoms with van der Waals surface area (Å²) >= 11 is 6.01. The van der Waals surface area contributed by atoms with Crippen molar-refractivity contribution in [1.29, 1.82) is 0 Å². The number of carbonyl (C=O) groups excluding carboxylic acids is 1. The van der Waals surface area contributed by atoms with Crippen LogP contribution in [0.15, 0.2) is 12.1 Å². The Labute approximate surface area is 193 Å². The van der Waals surface area contributed by atoms with Gasteiger partial charge in [-0.05, 0) is 31.4 Å². The number of hydrogen-bond acceptors (Lipinski definition) is 5. The van der Waals surface area contributed by atoms with Crippen LogP contribution in [-0.4, -0.2) is 78.5 Å². The summed E-state index contributed by atoms with van der Waals surface area (Å²) in [6.45, 7) is 3.02. The summed E-state index contributed by atoms with van der Waals surface area (Å²) in [5.41, 5.74) is 1.01. The van der Waals surface area contributed by atoms with Gasteiger partial charge in [0.1, 0.15) is 0 Å². The van der Waals surface area contributed by atoms with E-state index in [1.54, 1.807) is 6.07 Å². The molecule has 2 heterocycles. The third-order valence-corrected chi connectivity index (χ3v) is 6.37. The molecule has 1 amide bonds. The van der Waals surface area contributed by atoms with Crippen LogP contribution in [0.5, 0.6) is 0 Å². The second kappa shape index (κ2) is 10.3. The molecule has 1 unspecified atom stereocenters. The molecule has 2 aliphatic rings. The van der Waals surface area contributed by atoms with Gasteiger partial charge < -0.3 is 19.6 Å². The van der Waals surface area contributed by atoms with Crippen molar-refractivity contribution in [2.45, 2.75) is 38.6 Å². The van der Waals surface area contributed by atoms with Gasteiger partial charge in [-0.3, -0.25) is 9.69 Å². The predicted molar refractivity (Wildman–Crippen MR) is 113 cm³/mol. The van der Waals surface area contributed by atoms with Crippen molar-refractivity contribution in [2.75, 3.05) is 44.2 Å². The third kappa shape index (κ3) is 6.20. The Morgan fingerprint density at radius 3 is 2.30 bits per heavy atom. The number of piperazine rings is 1. The van der Waals surface area contributed by atoms with Crippen LogP contribution in [0.4, 0.5) is 28.0 Å². The molecule has 0 saturated carbocycles. The number of amides is 1. The second-order valence-corrected chi connectivity index (χ2v) is 8.71. The first-order chi connectivity index (χ1) is 15.5. The largest absolute Gasteiger partial charge is 0.481 e. The Bertz CT molecular complexity index is 870. The molecule has 2 aliphatic heterocycles. The zero-order chi connectivity index (χ0) is 24.3. The van der Waals surface area contributed by atoms with E-state index in [0.717, 1.165) is 6.92 Å². The van der Waals surface area contributed by atoms with Crippen molar-refractivity contribution in [3.63, 3.8) is 0 Å². The molecular formula is C21H26ClF4N3O4. The number of hydrogen-bond donors (Lipinski definition) is 1. The van der Waals surface area contributed by atoms with Gasteiger partial charge in [-0.1, -0.05) is 17.7 Å². The van der Waals surface area contributed by atoms with Gasteiger partial charge >= 0.3 is 18.2 Å². The van der Waals surface area contributed by atoms with Crippen molar-refractivity contribution in [2.24, 2.45) is 5.92 Å². The summed E-state index contributed by atoms with van der Waals surface area (Å²) in [4.78, 5) is 28.2. The number of carbonyl (C=O) groups is 2. The maximum atomic E-state index is 15.0. The molecule has 2 fully saturated rings. The van der Waals surface area contributed by atoms with E-state index in [4.69, 9.17) is 11.6 Å². The van der Waals surface area contributed by atoms with Crippen LogP contribution in [0.25, 0.3) is 0 Å². The van der Waals surface area contributed by atoms with Gasteiger partial charge in [0.15, 0.2) is 11.9 Å². The molecule has 1 aromatic carbocycles. The maximum absolute atomic E-state index is 15.0. The van der Waals surface area contributed by atoms with Crippen LogP contribution >= 0.6 is 11.6 Å². The van der Waals surface area contributed by atoms with Crippen molar-refractivity contribution >= 4 is 29.4 Å². The van der Waals surface area contributed by atoms with Gasteiger partial charge in [0.2, 0.25) is 0 Å². The quantitative estimate of drug-likeness (QED) is 0.623. The molecular weight excluding hydrogens is 470 g/mol. The minimum atomic E-state index is -4.62. The monoisotopic (exact) mass is 495 g/mol. The van der Waals surface area contributed by atoms with Gasteiger partial charge in [-0.2, -0.15) is 13.2 Å². The number of anilines is 1. The predicted octanol–water partition coefficient (Wildman–Crippen LogP) is 3.99. The van der Waals surface area contributed by atoms with Crippen LogP contribution in [0.1, 0.15) is 25.3 Å². The van der Waals surface area contributed by atoms with E-state index in [9.17, 15) is 32.3 Å². The summed E-state index contributed by atoms with van der Waals surface area (Å²) in [6.07, 6.45) is -7.02. The lowest BCUT2D eigenvalue weighted by molar-refractivity contribution is -0.200. The lowest BCUT2D eigenvalue weighted by Crippen LogP contribution is -2.49. The van der Waals surface area contributed by atoms with Gasteiger partial charge in [0.05, 0.1) is 16.6 Å². The molecule has 12 heteroatoms. The molecule has 0 aliphatic carbocycles. The number of ether oxygens (including phenoxy) is 1. The molecule has 0 aromatic heterocycles. The Morgan fingerprint density at radius 2 is 1.76 bits per heavy atom. The minimum absolute atomic E-state index is 0.0274. The number of rotatable bonds is 5. The summed E-state index contributed by atoms with van der Waals surface area (Å²) < 4.78 is 57.3. The van der Waals surface area contributed by atoms with Crippen molar-refractivity contribution in [1.82, 2.24) is 9.80 Å². The van der Waals surface area contributed by atoms with Gasteiger partial charge in [-0.15, -0.1) is 0 Å². The SMILES string of the molecule is CC(OC(=O)N1CCN(Cc2ccc(Cl)c(F)c2N2CCC(C(=O)O)CC2)CC1)C(F)(F)F. The number of benzene rings is 1. The van der Waals surface area contributed by atoms with Crippen molar-refractivity contribution in [3.8, 4) is 0 Å². The summed E-state index contributed by atoms with van der Waals surface area (Å²) in [6, 6.07) is 3.18. The van der Waals surface area contributed by atoms with E-state index >= 15 is 0 Å². The highest BCUT2D eigenvalue weighted by molar-refractivity contribution is 6.31. The van der Waals surface area contributed by atoms with E-state index < -0.39 is 36.1 Å². The van der Waals surface area contributed by atoms with Crippen molar-refractivity contribution in [3.05, 3.63) is 28.5 Å². The Hall–Kier alpha value is -2.27. The fourth-order valence-corrected chi connectivity index (χ4v) is 4.17. The molecule has 33 heavy (non-hydrogen) atoms. The molecule has 0 spiro atoms. The third-order valence-electron chi connectivity index (χ3n) is 6.08. The summed E-state index contributed by atoms with van der Waals surface area (Å²) in [5, 5.41) is 9.17. The highest BCUT2D eigenvalue weighted by Gasteiger charge is 2.40. The number of carboxylic acids is 1. The molecule has 0 radical (unpaired) electrons. The molecule has 3 rings (SSSR count). The average molecular weight is 496 g/mol. The lowest BCUT2D eigenvalue weighted by atomic mass is 9.96. The molecule has 0 bridgehead atoms. The highest BCUT2D eigenvalue weighted by atomic mass is 35.5. The van der Waals surface area contributed by atoms with Crippen LogP contribution in [-0.2, 0) is 16.1 Å². The molecule has 1 N–H and O–H groups in total. The first-order valence-electron chi connectivity index (χ1n) is 10.7. The minimum Gasteiger partial charge on any atom is -0.481 e. The van der Waals surface area contributed by atoms with E-state index in [2.05, 4.69) is 4.74 Å². The number of piperidine rings is 1. The van der Waals surface area contributed by atoms with E-state index in [1.165, 1.54) is 11.0 Å². The Morgan fingerprint density at radius 1 is 1.15 bits per heavy atom. The fraction of sp³-hybridized carbons (Fsp3) is 0.619. The number of nitrogens with zero attached hydrogens (tertiary/aromatic N) is 3. The number of halogens is 5. The normalized spacial score (nSPS) is 19.5. The standard InChI is InChI=1S/C21H26ClF4N3O4/c1-13(21(24,25)26)33-20(32)29-10-8-27(9-11-29)12-15-2-3-16(22)17(23)18(15)28-6-4-14(5-7-28)19(30)31/h2-3,13-14H,4-12H2,1H3,(H,30,31). The van der Waals surface area contributed by atoms with E-state index in [0.29, 0.717) is 56.8 Å². The fourth-order valence-electron chi connectivity index (χ4n) is 4.02. The van der Waals surface area contributed by atoms with Crippen LogP contribution < -0.4 is 4.90 Å². The van der Waals surface area contributed by atoms with E-state index in [1.807, 2.05) is 9.80 Å². The van der Waals surface area contributed by atoms with Crippen molar-refractivity contribution < 1.29 is 37.0 Å².